The first kappa shape index (κ1) is 7.32. The first-order chi connectivity index (χ1) is 4.75. The van der Waals surface area contributed by atoms with Crippen molar-refractivity contribution < 1.29 is 4.79 Å². The highest BCUT2D eigenvalue weighted by atomic mass is 16.2. The van der Waals surface area contributed by atoms with Gasteiger partial charge in [-0.1, -0.05) is 13.0 Å². The van der Waals surface area contributed by atoms with Crippen LogP contribution in [0.1, 0.15) is 20.3 Å². The molecule has 1 unspecified atom stereocenters. The largest absolute Gasteiger partial charge is 0.333 e. The van der Waals surface area contributed by atoms with E-state index in [2.05, 4.69) is 13.8 Å². The zero-order chi connectivity index (χ0) is 7.56. The molecular formula is C8H13NO. The maximum absolute atomic E-state index is 11.0. The smallest absolute Gasteiger partial charge is 0.246 e. The van der Waals surface area contributed by atoms with Crippen molar-refractivity contribution in [1.82, 2.24) is 4.90 Å². The van der Waals surface area contributed by atoms with Crippen molar-refractivity contribution >= 4 is 5.91 Å². The third kappa shape index (κ3) is 1.20. The first-order valence-electron chi connectivity index (χ1n) is 3.73. The summed E-state index contributed by atoms with van der Waals surface area (Å²) >= 11 is 0. The van der Waals surface area contributed by atoms with Crippen molar-refractivity contribution in [3.63, 3.8) is 0 Å². The lowest BCUT2D eigenvalue weighted by atomic mass is 10.2. The van der Waals surface area contributed by atoms with Crippen molar-refractivity contribution in [2.45, 2.75) is 26.3 Å². The molecule has 0 aromatic rings. The average Bonchev–Trinajstić information content (AvgIpc) is 2.34. The van der Waals surface area contributed by atoms with Gasteiger partial charge < -0.3 is 4.90 Å². The van der Waals surface area contributed by atoms with E-state index >= 15 is 0 Å². The van der Waals surface area contributed by atoms with E-state index in [0.717, 1.165) is 13.0 Å². The minimum absolute atomic E-state index is 0.161. The van der Waals surface area contributed by atoms with Crippen molar-refractivity contribution in [1.29, 1.82) is 0 Å². The van der Waals surface area contributed by atoms with Crippen molar-refractivity contribution in [3.8, 4) is 0 Å². The number of carbonyl (C=O) groups excluding carboxylic acids is 1. The Labute approximate surface area is 61.5 Å². The highest BCUT2D eigenvalue weighted by molar-refractivity contribution is 5.90. The Morgan fingerprint density at radius 2 is 2.50 bits per heavy atom. The van der Waals surface area contributed by atoms with Crippen LogP contribution in [0.15, 0.2) is 12.2 Å². The van der Waals surface area contributed by atoms with Crippen LogP contribution in [0.2, 0.25) is 0 Å². The molecule has 0 aromatic carbocycles. The van der Waals surface area contributed by atoms with E-state index in [4.69, 9.17) is 0 Å². The first-order valence-corrected chi connectivity index (χ1v) is 3.73. The van der Waals surface area contributed by atoms with Gasteiger partial charge in [0.25, 0.3) is 0 Å². The molecule has 0 aromatic heterocycles. The average molecular weight is 139 g/mol. The predicted octanol–water partition coefficient (Wildman–Crippen LogP) is 1.18. The van der Waals surface area contributed by atoms with Gasteiger partial charge in [-0.15, -0.1) is 0 Å². The van der Waals surface area contributed by atoms with Crippen molar-refractivity contribution in [3.05, 3.63) is 12.2 Å². The molecule has 1 rings (SSSR count). The van der Waals surface area contributed by atoms with Crippen LogP contribution < -0.4 is 0 Å². The minimum Gasteiger partial charge on any atom is -0.333 e. The van der Waals surface area contributed by atoms with Gasteiger partial charge in [-0.25, -0.2) is 0 Å². The van der Waals surface area contributed by atoms with Gasteiger partial charge in [0.2, 0.25) is 5.91 Å². The van der Waals surface area contributed by atoms with Crippen LogP contribution in [0.3, 0.4) is 0 Å². The Morgan fingerprint density at radius 3 is 2.90 bits per heavy atom. The van der Waals surface area contributed by atoms with Gasteiger partial charge in [-0.2, -0.15) is 0 Å². The topological polar surface area (TPSA) is 20.3 Å². The molecule has 0 fully saturated rings. The van der Waals surface area contributed by atoms with Crippen LogP contribution in [0.5, 0.6) is 0 Å². The van der Waals surface area contributed by atoms with Crippen molar-refractivity contribution in [2.75, 3.05) is 6.54 Å². The Kier molecular flexibility index (Phi) is 2.10. The summed E-state index contributed by atoms with van der Waals surface area (Å²) in [5, 5.41) is 0. The van der Waals surface area contributed by atoms with Gasteiger partial charge in [-0.05, 0) is 13.3 Å². The fourth-order valence-electron chi connectivity index (χ4n) is 1.07. The molecule has 0 aliphatic carbocycles. The summed E-state index contributed by atoms with van der Waals surface area (Å²) in [4.78, 5) is 12.9. The normalized spacial score (nSPS) is 20.2. The van der Waals surface area contributed by atoms with Gasteiger partial charge >= 0.3 is 0 Å². The molecule has 10 heavy (non-hydrogen) atoms. The second kappa shape index (κ2) is 2.86. The molecule has 0 spiro atoms. The summed E-state index contributed by atoms with van der Waals surface area (Å²) in [6.45, 7) is 4.97. The molecule has 0 N–H and O–H groups in total. The molecule has 0 saturated carbocycles. The van der Waals surface area contributed by atoms with Crippen LogP contribution in [0.25, 0.3) is 0 Å². The number of rotatable bonds is 2. The zero-order valence-corrected chi connectivity index (χ0v) is 6.50. The quantitative estimate of drug-likeness (QED) is 0.562. The molecular weight excluding hydrogens is 126 g/mol. The second-order valence-corrected chi connectivity index (χ2v) is 2.65. The van der Waals surface area contributed by atoms with Gasteiger partial charge in [0.15, 0.2) is 0 Å². The highest BCUT2D eigenvalue weighted by Crippen LogP contribution is 2.08. The SMILES string of the molecule is CCC(C)N1CC=CC1=O. The molecule has 0 bridgehead atoms. The summed E-state index contributed by atoms with van der Waals surface area (Å²) < 4.78 is 0. The van der Waals surface area contributed by atoms with E-state index in [1.165, 1.54) is 0 Å². The lowest BCUT2D eigenvalue weighted by Crippen LogP contribution is -2.33. The van der Waals surface area contributed by atoms with Gasteiger partial charge in [0.05, 0.1) is 0 Å². The molecule has 0 saturated heterocycles. The monoisotopic (exact) mass is 139 g/mol. The molecule has 0 radical (unpaired) electrons. The second-order valence-electron chi connectivity index (χ2n) is 2.65. The van der Waals surface area contributed by atoms with Gasteiger partial charge in [0.1, 0.15) is 0 Å². The summed E-state index contributed by atoms with van der Waals surface area (Å²) in [6.07, 6.45) is 4.59. The third-order valence-electron chi connectivity index (χ3n) is 1.97. The fraction of sp³-hybridized carbons (Fsp3) is 0.625. The van der Waals surface area contributed by atoms with E-state index in [0.29, 0.717) is 6.04 Å². The Bertz CT molecular complexity index is 163. The van der Waals surface area contributed by atoms with E-state index in [1.54, 1.807) is 6.08 Å². The third-order valence-corrected chi connectivity index (χ3v) is 1.97. The summed E-state index contributed by atoms with van der Waals surface area (Å²) in [5.74, 6) is 0.161. The van der Waals surface area contributed by atoms with E-state index in [-0.39, 0.29) is 5.91 Å². The number of hydrogen-bond acceptors (Lipinski definition) is 1. The maximum atomic E-state index is 11.0. The lowest BCUT2D eigenvalue weighted by Gasteiger charge is -2.22. The molecule has 2 nitrogen and oxygen atoms in total. The fourth-order valence-corrected chi connectivity index (χ4v) is 1.07. The number of hydrogen-bond donors (Lipinski definition) is 0. The van der Waals surface area contributed by atoms with E-state index in [9.17, 15) is 4.79 Å². The van der Waals surface area contributed by atoms with Crippen LogP contribution in [-0.4, -0.2) is 23.4 Å². The summed E-state index contributed by atoms with van der Waals surface area (Å²) in [5.41, 5.74) is 0. The van der Waals surface area contributed by atoms with Crippen LogP contribution in [0, 0.1) is 0 Å². The number of amides is 1. The van der Waals surface area contributed by atoms with Gasteiger partial charge in [-0.3, -0.25) is 4.79 Å². The number of carbonyl (C=O) groups is 1. The molecule has 1 aliphatic rings. The Hall–Kier alpha value is -0.790. The van der Waals surface area contributed by atoms with Crippen LogP contribution in [-0.2, 0) is 4.79 Å². The molecule has 1 atom stereocenters. The molecule has 1 amide bonds. The number of nitrogens with zero attached hydrogens (tertiary/aromatic N) is 1. The molecule has 1 heterocycles. The van der Waals surface area contributed by atoms with Crippen LogP contribution in [0.4, 0.5) is 0 Å². The Balaban J connectivity index is 2.51. The highest BCUT2D eigenvalue weighted by Gasteiger charge is 2.18. The lowest BCUT2D eigenvalue weighted by molar-refractivity contribution is -0.126. The van der Waals surface area contributed by atoms with Crippen molar-refractivity contribution in [2.24, 2.45) is 0 Å². The molecule has 1 aliphatic heterocycles. The molecule has 2 heteroatoms. The summed E-state index contributed by atoms with van der Waals surface area (Å²) in [6, 6.07) is 0.391. The molecule has 56 valence electrons. The van der Waals surface area contributed by atoms with E-state index in [1.807, 2.05) is 11.0 Å². The van der Waals surface area contributed by atoms with Crippen LogP contribution >= 0.6 is 0 Å². The van der Waals surface area contributed by atoms with Gasteiger partial charge in [0, 0.05) is 18.7 Å². The predicted molar refractivity (Wildman–Crippen MR) is 40.6 cm³/mol. The maximum Gasteiger partial charge on any atom is 0.246 e. The Morgan fingerprint density at radius 1 is 1.80 bits per heavy atom. The standard InChI is InChI=1S/C8H13NO/c1-3-7(2)9-6-4-5-8(9)10/h4-5,7H,3,6H2,1-2H3. The zero-order valence-electron chi connectivity index (χ0n) is 6.50. The summed E-state index contributed by atoms with van der Waals surface area (Å²) in [7, 11) is 0. The minimum atomic E-state index is 0.161. The van der Waals surface area contributed by atoms with E-state index < -0.39 is 0 Å².